The van der Waals surface area contributed by atoms with Crippen LogP contribution in [0.15, 0.2) is 71.9 Å². The van der Waals surface area contributed by atoms with Crippen molar-refractivity contribution in [2.75, 3.05) is 11.1 Å². The molecule has 3 rings (SSSR count). The summed E-state index contributed by atoms with van der Waals surface area (Å²) in [4.78, 5) is 16.5. The first-order valence-electron chi connectivity index (χ1n) is 8.62. The molecule has 28 heavy (non-hydrogen) atoms. The number of pyridine rings is 1. The van der Waals surface area contributed by atoms with E-state index in [9.17, 15) is 19.2 Å². The van der Waals surface area contributed by atoms with Crippen molar-refractivity contribution < 1.29 is 19.2 Å². The Morgan fingerprint density at radius 1 is 1.07 bits per heavy atom. The molecular formula is C20H18BFN2O3S. The highest BCUT2D eigenvalue weighted by molar-refractivity contribution is 7.99. The highest BCUT2D eigenvalue weighted by Gasteiger charge is 2.15. The number of aromatic nitrogens is 1. The van der Waals surface area contributed by atoms with Crippen molar-refractivity contribution >= 4 is 35.9 Å². The Hall–Kier alpha value is -2.68. The quantitative estimate of drug-likeness (QED) is 0.422. The van der Waals surface area contributed by atoms with E-state index in [1.54, 1.807) is 24.3 Å². The fourth-order valence-electron chi connectivity index (χ4n) is 2.62. The summed E-state index contributed by atoms with van der Waals surface area (Å²) >= 11 is 1.51. The number of benzene rings is 2. The molecule has 0 bridgehead atoms. The van der Waals surface area contributed by atoms with E-state index in [-0.39, 0.29) is 11.7 Å². The number of carbonyl (C=O) groups excluding carboxylic acids is 1. The highest BCUT2D eigenvalue weighted by Crippen LogP contribution is 2.18. The first-order chi connectivity index (χ1) is 13.5. The standard InChI is InChI=1S/C20H18BFN2O3S/c22-16-6-8-17(9-7-16)24-20(25)15-5-10-19(23-13-15)28-12-11-14-3-1-2-4-18(14)21(26)27/h1-10,13,26-27H,11-12H2,(H,24,25). The summed E-state index contributed by atoms with van der Waals surface area (Å²) in [6.45, 7) is 0. The third-order valence-corrected chi connectivity index (χ3v) is 5.00. The van der Waals surface area contributed by atoms with Gasteiger partial charge in [0.05, 0.1) is 10.6 Å². The average Bonchev–Trinajstić information content (AvgIpc) is 2.70. The van der Waals surface area contributed by atoms with Crippen LogP contribution >= 0.6 is 11.8 Å². The number of amides is 1. The van der Waals surface area contributed by atoms with Crippen LogP contribution in [0.4, 0.5) is 10.1 Å². The van der Waals surface area contributed by atoms with Crippen molar-refractivity contribution in [2.24, 2.45) is 0 Å². The van der Waals surface area contributed by atoms with E-state index >= 15 is 0 Å². The second-order valence-electron chi connectivity index (χ2n) is 6.02. The Morgan fingerprint density at radius 2 is 1.82 bits per heavy atom. The van der Waals surface area contributed by atoms with Gasteiger partial charge < -0.3 is 15.4 Å². The van der Waals surface area contributed by atoms with E-state index in [4.69, 9.17) is 0 Å². The molecule has 1 amide bonds. The maximum Gasteiger partial charge on any atom is 0.488 e. The highest BCUT2D eigenvalue weighted by atomic mass is 32.2. The monoisotopic (exact) mass is 396 g/mol. The smallest absolute Gasteiger partial charge is 0.423 e. The minimum atomic E-state index is -1.49. The Kier molecular flexibility index (Phi) is 6.81. The first kappa shape index (κ1) is 20.1. The van der Waals surface area contributed by atoms with Crippen LogP contribution in [0.1, 0.15) is 15.9 Å². The fraction of sp³-hybridized carbons (Fsp3) is 0.100. The van der Waals surface area contributed by atoms with Crippen molar-refractivity contribution in [3.05, 3.63) is 83.8 Å². The van der Waals surface area contributed by atoms with Crippen LogP contribution in [0.5, 0.6) is 0 Å². The normalized spacial score (nSPS) is 10.5. The van der Waals surface area contributed by atoms with Gasteiger partial charge in [-0.2, -0.15) is 0 Å². The summed E-state index contributed by atoms with van der Waals surface area (Å²) in [6.07, 6.45) is 2.15. The van der Waals surface area contributed by atoms with Gasteiger partial charge in [-0.1, -0.05) is 24.3 Å². The molecule has 142 valence electrons. The topological polar surface area (TPSA) is 82.5 Å². The number of nitrogens with zero attached hydrogens (tertiary/aromatic N) is 1. The molecule has 3 N–H and O–H groups in total. The van der Waals surface area contributed by atoms with Crippen molar-refractivity contribution in [2.45, 2.75) is 11.4 Å². The molecular weight excluding hydrogens is 378 g/mol. The molecule has 2 aromatic carbocycles. The lowest BCUT2D eigenvalue weighted by Gasteiger charge is -2.08. The molecule has 0 fully saturated rings. The lowest BCUT2D eigenvalue weighted by Crippen LogP contribution is -2.33. The van der Waals surface area contributed by atoms with E-state index in [0.29, 0.717) is 28.9 Å². The van der Waals surface area contributed by atoms with Crippen LogP contribution in [0.3, 0.4) is 0 Å². The number of anilines is 1. The number of nitrogens with one attached hydrogen (secondary N) is 1. The third kappa shape index (κ3) is 5.42. The number of carbonyl (C=O) groups is 1. The van der Waals surface area contributed by atoms with Crippen LogP contribution in [0.2, 0.25) is 0 Å². The predicted octanol–water partition coefficient (Wildman–Crippen LogP) is 2.49. The second-order valence-corrected chi connectivity index (χ2v) is 7.13. The molecule has 0 radical (unpaired) electrons. The number of thioether (sulfide) groups is 1. The van der Waals surface area contributed by atoms with Gasteiger partial charge >= 0.3 is 7.12 Å². The van der Waals surface area contributed by atoms with E-state index in [1.165, 1.54) is 42.2 Å². The van der Waals surface area contributed by atoms with Gasteiger partial charge in [-0.15, -0.1) is 11.8 Å². The molecule has 0 atom stereocenters. The van der Waals surface area contributed by atoms with Gasteiger partial charge in [-0.3, -0.25) is 4.79 Å². The predicted molar refractivity (Wildman–Crippen MR) is 109 cm³/mol. The summed E-state index contributed by atoms with van der Waals surface area (Å²) in [5, 5.41) is 22.3. The lowest BCUT2D eigenvalue weighted by atomic mass is 9.76. The summed E-state index contributed by atoms with van der Waals surface area (Å²) < 4.78 is 12.9. The second kappa shape index (κ2) is 9.50. The van der Waals surface area contributed by atoms with Crippen molar-refractivity contribution in [1.82, 2.24) is 4.98 Å². The van der Waals surface area contributed by atoms with Crippen molar-refractivity contribution in [3.8, 4) is 0 Å². The average molecular weight is 396 g/mol. The number of halogens is 1. The van der Waals surface area contributed by atoms with Gasteiger partial charge in [0.2, 0.25) is 0 Å². The Morgan fingerprint density at radius 3 is 2.50 bits per heavy atom. The molecule has 0 aliphatic carbocycles. The SMILES string of the molecule is O=C(Nc1ccc(F)cc1)c1ccc(SCCc2ccccc2B(O)O)nc1. The molecule has 1 heterocycles. The van der Waals surface area contributed by atoms with Crippen LogP contribution in [-0.4, -0.2) is 33.8 Å². The van der Waals surface area contributed by atoms with Crippen LogP contribution in [0, 0.1) is 5.82 Å². The zero-order valence-corrected chi connectivity index (χ0v) is 15.7. The molecule has 0 unspecified atom stereocenters. The maximum atomic E-state index is 12.9. The van der Waals surface area contributed by atoms with E-state index < -0.39 is 7.12 Å². The van der Waals surface area contributed by atoms with Gasteiger partial charge in [0, 0.05) is 17.6 Å². The fourth-order valence-corrected chi connectivity index (χ4v) is 3.44. The Labute approximate surface area is 166 Å². The van der Waals surface area contributed by atoms with Crippen LogP contribution in [0.25, 0.3) is 0 Å². The number of hydrogen-bond acceptors (Lipinski definition) is 5. The zero-order chi connectivity index (χ0) is 19.9. The van der Waals surface area contributed by atoms with Crippen molar-refractivity contribution in [3.63, 3.8) is 0 Å². The minimum Gasteiger partial charge on any atom is -0.423 e. The van der Waals surface area contributed by atoms with Gasteiger partial charge in [-0.25, -0.2) is 9.37 Å². The van der Waals surface area contributed by atoms with Gasteiger partial charge in [0.25, 0.3) is 5.91 Å². The third-order valence-electron chi connectivity index (χ3n) is 4.06. The summed E-state index contributed by atoms with van der Waals surface area (Å²) in [7, 11) is -1.49. The Balaban J connectivity index is 1.54. The largest absolute Gasteiger partial charge is 0.488 e. The number of aryl methyl sites for hydroxylation is 1. The molecule has 0 saturated heterocycles. The van der Waals surface area contributed by atoms with Crippen LogP contribution < -0.4 is 10.8 Å². The summed E-state index contributed by atoms with van der Waals surface area (Å²) in [6, 6.07) is 16.2. The summed E-state index contributed by atoms with van der Waals surface area (Å²) in [5.74, 6) is 0.0244. The van der Waals surface area contributed by atoms with E-state index in [0.717, 1.165) is 10.6 Å². The van der Waals surface area contributed by atoms with E-state index in [2.05, 4.69) is 10.3 Å². The maximum absolute atomic E-state index is 12.9. The molecule has 1 aromatic heterocycles. The molecule has 0 aliphatic rings. The Bertz CT molecular complexity index is 937. The molecule has 0 aliphatic heterocycles. The molecule has 0 saturated carbocycles. The minimum absolute atomic E-state index is 0.318. The molecule has 5 nitrogen and oxygen atoms in total. The van der Waals surface area contributed by atoms with Gasteiger partial charge in [0.15, 0.2) is 0 Å². The van der Waals surface area contributed by atoms with E-state index in [1.807, 2.05) is 12.1 Å². The summed E-state index contributed by atoms with van der Waals surface area (Å²) in [5.41, 5.74) is 2.29. The molecule has 8 heteroatoms. The molecule has 0 spiro atoms. The molecule has 3 aromatic rings. The zero-order valence-electron chi connectivity index (χ0n) is 14.9. The first-order valence-corrected chi connectivity index (χ1v) is 9.61. The number of rotatable bonds is 7. The van der Waals surface area contributed by atoms with Crippen LogP contribution in [-0.2, 0) is 6.42 Å². The lowest BCUT2D eigenvalue weighted by molar-refractivity contribution is 0.102. The van der Waals surface area contributed by atoms with Crippen molar-refractivity contribution in [1.29, 1.82) is 0 Å². The van der Waals surface area contributed by atoms with Gasteiger partial charge in [-0.05, 0) is 53.8 Å². The van der Waals surface area contributed by atoms with Gasteiger partial charge in [0.1, 0.15) is 5.82 Å². The number of hydrogen-bond donors (Lipinski definition) is 3.